The molecule has 2 aromatic heterocycles. The number of rotatable bonds is 3. The molecule has 1 aliphatic rings. The fourth-order valence-electron chi connectivity index (χ4n) is 3.84. The maximum Gasteiger partial charge on any atom is 0.302 e. The summed E-state index contributed by atoms with van der Waals surface area (Å²) >= 11 is 0. The summed E-state index contributed by atoms with van der Waals surface area (Å²) in [6, 6.07) is 16.9. The van der Waals surface area contributed by atoms with Crippen molar-refractivity contribution in [3.05, 3.63) is 88.9 Å². The predicted molar refractivity (Wildman–Crippen MR) is 116 cm³/mol. The Morgan fingerprint density at radius 1 is 1.03 bits per heavy atom. The highest BCUT2D eigenvalue weighted by Crippen LogP contribution is 2.42. The van der Waals surface area contributed by atoms with Gasteiger partial charge in [0.05, 0.1) is 16.6 Å². The molecular weight excluding hydrogens is 394 g/mol. The fourth-order valence-corrected chi connectivity index (χ4v) is 3.84. The topological polar surface area (TPSA) is 99.4 Å². The zero-order valence-corrected chi connectivity index (χ0v) is 16.9. The van der Waals surface area contributed by atoms with Crippen LogP contribution in [0.25, 0.3) is 16.8 Å². The van der Waals surface area contributed by atoms with Crippen LogP contribution in [-0.2, 0) is 9.59 Å². The summed E-state index contributed by atoms with van der Waals surface area (Å²) in [6.07, 6.45) is 0. The van der Waals surface area contributed by atoms with Crippen molar-refractivity contribution >= 4 is 34.4 Å². The first-order valence-corrected chi connectivity index (χ1v) is 9.83. The van der Waals surface area contributed by atoms with E-state index < -0.39 is 17.7 Å². The summed E-state index contributed by atoms with van der Waals surface area (Å²) in [7, 11) is 0. The molecule has 31 heavy (non-hydrogen) atoms. The van der Waals surface area contributed by atoms with Crippen LogP contribution < -0.4 is 4.90 Å². The number of H-pyrrole nitrogens is 1. The molecule has 2 N–H and O–H groups in total. The summed E-state index contributed by atoms with van der Waals surface area (Å²) in [5.41, 5.74) is 2.81. The molecule has 1 amide bonds. The van der Waals surface area contributed by atoms with Crippen LogP contribution in [0.15, 0.2) is 70.7 Å². The maximum atomic E-state index is 13.1. The highest BCUT2D eigenvalue weighted by atomic mass is 16.3. The van der Waals surface area contributed by atoms with Crippen LogP contribution in [0.1, 0.15) is 28.7 Å². The molecule has 0 radical (unpaired) electrons. The SMILES string of the molecule is Cc1ccc(/C(O)=C2\C(=O)C(=O)N(c3nc4ccccc4[nH]3)C2c2ccc(C)o2)cc1. The van der Waals surface area contributed by atoms with E-state index >= 15 is 0 Å². The molecule has 0 spiro atoms. The molecule has 7 nitrogen and oxygen atoms in total. The fraction of sp³-hybridized carbons (Fsp3) is 0.125. The van der Waals surface area contributed by atoms with Gasteiger partial charge < -0.3 is 14.5 Å². The molecule has 3 heterocycles. The van der Waals surface area contributed by atoms with E-state index in [0.717, 1.165) is 11.1 Å². The first-order chi connectivity index (χ1) is 14.9. The van der Waals surface area contributed by atoms with Crippen LogP contribution >= 0.6 is 0 Å². The third-order valence-electron chi connectivity index (χ3n) is 5.41. The number of hydrogen-bond acceptors (Lipinski definition) is 5. The minimum atomic E-state index is -0.949. The van der Waals surface area contributed by atoms with Crippen molar-refractivity contribution in [3.8, 4) is 0 Å². The number of furan rings is 1. The number of aliphatic hydroxyl groups excluding tert-OH is 1. The smallest absolute Gasteiger partial charge is 0.302 e. The van der Waals surface area contributed by atoms with Crippen LogP contribution in [0.4, 0.5) is 5.95 Å². The standard InChI is InChI=1S/C24H19N3O4/c1-13-7-10-15(11-8-13)21(28)19-20(18-12-9-14(2)31-18)27(23(30)22(19)29)24-25-16-5-3-4-6-17(16)26-24/h3-12,20,28H,1-2H3,(H,25,26)/b21-19+. The molecule has 0 saturated carbocycles. The zero-order valence-electron chi connectivity index (χ0n) is 16.9. The van der Waals surface area contributed by atoms with E-state index in [1.165, 1.54) is 4.90 Å². The second-order valence-electron chi connectivity index (χ2n) is 7.56. The lowest BCUT2D eigenvalue weighted by atomic mass is 9.99. The number of benzene rings is 2. The van der Waals surface area contributed by atoms with Gasteiger partial charge in [-0.2, -0.15) is 0 Å². The largest absolute Gasteiger partial charge is 0.507 e. The second-order valence-corrected chi connectivity index (χ2v) is 7.56. The van der Waals surface area contributed by atoms with E-state index in [-0.39, 0.29) is 17.3 Å². The molecule has 1 unspecified atom stereocenters. The van der Waals surface area contributed by atoms with E-state index in [2.05, 4.69) is 9.97 Å². The number of carbonyl (C=O) groups is 2. The van der Waals surface area contributed by atoms with Gasteiger partial charge in [-0.25, -0.2) is 4.98 Å². The lowest BCUT2D eigenvalue weighted by Crippen LogP contribution is -2.30. The minimum Gasteiger partial charge on any atom is -0.507 e. The molecular formula is C24H19N3O4. The minimum absolute atomic E-state index is 0.0383. The highest BCUT2D eigenvalue weighted by Gasteiger charge is 2.49. The number of nitrogens with zero attached hydrogens (tertiary/aromatic N) is 2. The summed E-state index contributed by atoms with van der Waals surface area (Å²) in [6.45, 7) is 3.70. The van der Waals surface area contributed by atoms with E-state index in [4.69, 9.17) is 4.42 Å². The predicted octanol–water partition coefficient (Wildman–Crippen LogP) is 4.40. The van der Waals surface area contributed by atoms with E-state index in [1.54, 1.807) is 31.2 Å². The number of amides is 1. The number of aliphatic hydroxyl groups is 1. The lowest BCUT2D eigenvalue weighted by Gasteiger charge is -2.20. The van der Waals surface area contributed by atoms with Crippen molar-refractivity contribution in [2.75, 3.05) is 4.90 Å². The Bertz CT molecular complexity index is 1330. The first-order valence-electron chi connectivity index (χ1n) is 9.83. The number of nitrogens with one attached hydrogen (secondary N) is 1. The molecule has 2 aromatic carbocycles. The van der Waals surface area contributed by atoms with Gasteiger partial charge >= 0.3 is 5.91 Å². The van der Waals surface area contributed by atoms with E-state index in [9.17, 15) is 14.7 Å². The number of ketones is 1. The highest BCUT2D eigenvalue weighted by molar-refractivity contribution is 6.51. The van der Waals surface area contributed by atoms with Crippen LogP contribution in [-0.4, -0.2) is 26.8 Å². The van der Waals surface area contributed by atoms with Crippen LogP contribution in [0.3, 0.4) is 0 Å². The Morgan fingerprint density at radius 2 is 1.77 bits per heavy atom. The number of aromatic nitrogens is 2. The van der Waals surface area contributed by atoms with Crippen molar-refractivity contribution in [1.82, 2.24) is 9.97 Å². The molecule has 154 valence electrons. The first kappa shape index (κ1) is 18.9. The van der Waals surface area contributed by atoms with Gasteiger partial charge in [0.15, 0.2) is 0 Å². The molecule has 0 aliphatic carbocycles. The van der Waals surface area contributed by atoms with Gasteiger partial charge in [-0.3, -0.25) is 14.5 Å². The van der Waals surface area contributed by atoms with Crippen molar-refractivity contribution in [2.45, 2.75) is 19.9 Å². The quantitative estimate of drug-likeness (QED) is 0.295. The van der Waals surface area contributed by atoms with Crippen LogP contribution in [0.2, 0.25) is 0 Å². The number of aromatic amines is 1. The Balaban J connectivity index is 1.72. The molecule has 4 aromatic rings. The number of Topliss-reactive ketones (excluding diaryl/α,β-unsaturated/α-hetero) is 1. The summed E-state index contributed by atoms with van der Waals surface area (Å²) in [4.78, 5) is 35.0. The van der Waals surface area contributed by atoms with Gasteiger partial charge in [-0.05, 0) is 38.1 Å². The Labute approximate surface area is 177 Å². The van der Waals surface area contributed by atoms with Gasteiger partial charge in [0.1, 0.15) is 23.3 Å². The number of aryl methyl sites for hydroxylation is 2. The molecule has 5 rings (SSSR count). The number of para-hydroxylation sites is 2. The molecule has 0 bridgehead atoms. The number of fused-ring (bicyclic) bond motifs is 1. The molecule has 7 heteroatoms. The van der Waals surface area contributed by atoms with Crippen molar-refractivity contribution in [3.63, 3.8) is 0 Å². The van der Waals surface area contributed by atoms with E-state index in [0.29, 0.717) is 22.6 Å². The van der Waals surface area contributed by atoms with Crippen LogP contribution in [0, 0.1) is 13.8 Å². The Hall–Kier alpha value is -4.13. The third kappa shape index (κ3) is 3.02. The number of imidazole rings is 1. The lowest BCUT2D eigenvalue weighted by molar-refractivity contribution is -0.132. The van der Waals surface area contributed by atoms with Crippen molar-refractivity contribution < 1.29 is 19.1 Å². The van der Waals surface area contributed by atoms with Gasteiger partial charge in [-0.1, -0.05) is 42.0 Å². The zero-order chi connectivity index (χ0) is 21.7. The average Bonchev–Trinajstić information content (AvgIpc) is 3.44. The number of carbonyl (C=O) groups excluding carboxylic acids is 2. The number of hydrogen-bond donors (Lipinski definition) is 2. The second kappa shape index (κ2) is 6.98. The summed E-state index contributed by atoms with van der Waals surface area (Å²) < 4.78 is 5.79. The van der Waals surface area contributed by atoms with Gasteiger partial charge in [0.25, 0.3) is 5.78 Å². The Kier molecular flexibility index (Phi) is 4.25. The number of anilines is 1. The van der Waals surface area contributed by atoms with Crippen molar-refractivity contribution in [2.24, 2.45) is 0 Å². The van der Waals surface area contributed by atoms with Crippen molar-refractivity contribution in [1.29, 1.82) is 0 Å². The molecule has 1 saturated heterocycles. The van der Waals surface area contributed by atoms with Gasteiger partial charge in [0.2, 0.25) is 5.95 Å². The summed E-state index contributed by atoms with van der Waals surface area (Å²) in [5.74, 6) is -0.628. The normalized spacial score (nSPS) is 18.3. The van der Waals surface area contributed by atoms with E-state index in [1.807, 2.05) is 43.3 Å². The maximum absolute atomic E-state index is 13.1. The van der Waals surface area contributed by atoms with Gasteiger partial charge in [0, 0.05) is 5.56 Å². The third-order valence-corrected chi connectivity index (χ3v) is 5.41. The summed E-state index contributed by atoms with van der Waals surface area (Å²) in [5, 5.41) is 11.1. The monoisotopic (exact) mass is 413 g/mol. The van der Waals surface area contributed by atoms with Crippen LogP contribution in [0.5, 0.6) is 0 Å². The average molecular weight is 413 g/mol. The van der Waals surface area contributed by atoms with Gasteiger partial charge in [-0.15, -0.1) is 0 Å². The molecule has 1 aliphatic heterocycles. The molecule has 1 fully saturated rings. The Morgan fingerprint density at radius 3 is 2.45 bits per heavy atom. The molecule has 1 atom stereocenters.